The molecule has 0 atom stereocenters. The molecule has 0 radical (unpaired) electrons. The first kappa shape index (κ1) is 16.4. The van der Waals surface area contributed by atoms with Crippen LogP contribution in [0.2, 0.25) is 5.02 Å². The Morgan fingerprint density at radius 1 is 1.08 bits per heavy atom. The molecule has 4 rings (SSSR count). The van der Waals surface area contributed by atoms with Gasteiger partial charge in [-0.3, -0.25) is 4.57 Å². The van der Waals surface area contributed by atoms with Gasteiger partial charge in [-0.05, 0) is 48.9 Å². The van der Waals surface area contributed by atoms with E-state index in [2.05, 4.69) is 10.1 Å². The molecule has 26 heavy (non-hydrogen) atoms. The van der Waals surface area contributed by atoms with Crippen LogP contribution in [0.5, 0.6) is 5.75 Å². The fourth-order valence-electron chi connectivity index (χ4n) is 2.67. The van der Waals surface area contributed by atoms with Crippen molar-refractivity contribution in [3.05, 3.63) is 83.4 Å². The monoisotopic (exact) mass is 365 g/mol. The van der Waals surface area contributed by atoms with Gasteiger partial charge in [0.2, 0.25) is 5.88 Å². The molecule has 5 nitrogen and oxygen atoms in total. The van der Waals surface area contributed by atoms with Gasteiger partial charge in [-0.25, -0.2) is 4.98 Å². The fourth-order valence-corrected chi connectivity index (χ4v) is 2.80. The molecule has 2 aromatic carbocycles. The quantitative estimate of drug-likeness (QED) is 0.495. The number of imidazole rings is 1. The van der Waals surface area contributed by atoms with Gasteiger partial charge < -0.3 is 9.26 Å². The number of rotatable bonds is 5. The number of hydrogen-bond donors (Lipinski definition) is 0. The SMILES string of the molecule is Cc1c(-c2ccc(OCc3ccc(Cl)cc3)cc2)noc1-n1ccnc1. The first-order valence-corrected chi connectivity index (χ1v) is 8.51. The molecular weight excluding hydrogens is 350 g/mol. The first-order chi connectivity index (χ1) is 12.7. The molecule has 0 spiro atoms. The minimum Gasteiger partial charge on any atom is -0.489 e. The first-order valence-electron chi connectivity index (χ1n) is 8.13. The number of halogens is 1. The topological polar surface area (TPSA) is 53.1 Å². The summed E-state index contributed by atoms with van der Waals surface area (Å²) in [5.74, 6) is 1.46. The van der Waals surface area contributed by atoms with Crippen molar-refractivity contribution in [2.24, 2.45) is 0 Å². The van der Waals surface area contributed by atoms with Gasteiger partial charge in [-0.15, -0.1) is 0 Å². The molecule has 0 aliphatic carbocycles. The van der Waals surface area contributed by atoms with Crippen molar-refractivity contribution in [1.82, 2.24) is 14.7 Å². The highest BCUT2D eigenvalue weighted by Gasteiger charge is 2.15. The maximum atomic E-state index is 5.89. The summed E-state index contributed by atoms with van der Waals surface area (Å²) in [6.45, 7) is 2.47. The second kappa shape index (κ2) is 7.06. The summed E-state index contributed by atoms with van der Waals surface area (Å²) in [6, 6.07) is 15.4. The van der Waals surface area contributed by atoms with Gasteiger partial charge in [0.05, 0.1) is 0 Å². The highest BCUT2D eigenvalue weighted by molar-refractivity contribution is 6.30. The molecule has 0 saturated heterocycles. The second-order valence-electron chi connectivity index (χ2n) is 5.87. The van der Waals surface area contributed by atoms with Crippen LogP contribution in [0, 0.1) is 6.92 Å². The molecule has 0 fully saturated rings. The van der Waals surface area contributed by atoms with Crippen molar-refractivity contribution in [2.75, 3.05) is 0 Å². The van der Waals surface area contributed by atoms with E-state index in [1.54, 1.807) is 17.1 Å². The van der Waals surface area contributed by atoms with Gasteiger partial charge in [-0.1, -0.05) is 28.9 Å². The Balaban J connectivity index is 1.48. The molecule has 0 unspecified atom stereocenters. The van der Waals surface area contributed by atoms with Gasteiger partial charge >= 0.3 is 0 Å². The Labute approximate surface area is 155 Å². The summed E-state index contributed by atoms with van der Waals surface area (Å²) in [7, 11) is 0. The van der Waals surface area contributed by atoms with Gasteiger partial charge in [0, 0.05) is 28.5 Å². The maximum absolute atomic E-state index is 5.89. The minimum absolute atomic E-state index is 0.490. The largest absolute Gasteiger partial charge is 0.489 e. The van der Waals surface area contributed by atoms with E-state index < -0.39 is 0 Å². The molecule has 0 saturated carbocycles. The highest BCUT2D eigenvalue weighted by Crippen LogP contribution is 2.28. The number of aromatic nitrogens is 3. The lowest BCUT2D eigenvalue weighted by molar-refractivity contribution is 0.306. The zero-order chi connectivity index (χ0) is 17.9. The Morgan fingerprint density at radius 3 is 2.54 bits per heavy atom. The third kappa shape index (κ3) is 3.34. The minimum atomic E-state index is 0.490. The highest BCUT2D eigenvalue weighted by atomic mass is 35.5. The molecule has 4 aromatic rings. The summed E-state index contributed by atoms with van der Waals surface area (Å²) in [5, 5.41) is 4.92. The molecule has 2 heterocycles. The Hall–Kier alpha value is -3.05. The van der Waals surface area contributed by atoms with Crippen LogP contribution in [0.3, 0.4) is 0 Å². The van der Waals surface area contributed by atoms with E-state index in [4.69, 9.17) is 20.9 Å². The molecule has 130 valence electrons. The summed E-state index contributed by atoms with van der Waals surface area (Å²) in [4.78, 5) is 4.03. The lowest BCUT2D eigenvalue weighted by atomic mass is 10.1. The lowest BCUT2D eigenvalue weighted by Gasteiger charge is -2.07. The summed E-state index contributed by atoms with van der Waals surface area (Å²) >= 11 is 5.89. The molecule has 6 heteroatoms. The van der Waals surface area contributed by atoms with E-state index in [1.165, 1.54) is 0 Å². The van der Waals surface area contributed by atoms with E-state index in [9.17, 15) is 0 Å². The predicted octanol–water partition coefficient (Wildman–Crippen LogP) is 5.07. The van der Waals surface area contributed by atoms with Crippen molar-refractivity contribution >= 4 is 11.6 Å². The number of nitrogens with zero attached hydrogens (tertiary/aromatic N) is 3. The summed E-state index contributed by atoms with van der Waals surface area (Å²) < 4.78 is 13.1. The Kier molecular flexibility index (Phi) is 4.46. The van der Waals surface area contributed by atoms with Crippen molar-refractivity contribution in [3.8, 4) is 22.9 Å². The molecule has 0 N–H and O–H groups in total. The average molecular weight is 366 g/mol. The number of hydrogen-bond acceptors (Lipinski definition) is 4. The third-order valence-corrected chi connectivity index (χ3v) is 4.34. The van der Waals surface area contributed by atoms with Crippen LogP contribution in [0.15, 0.2) is 71.8 Å². The third-order valence-electron chi connectivity index (χ3n) is 4.08. The van der Waals surface area contributed by atoms with Crippen molar-refractivity contribution < 1.29 is 9.26 Å². The van der Waals surface area contributed by atoms with Gasteiger partial charge in [0.1, 0.15) is 24.4 Å². The van der Waals surface area contributed by atoms with Gasteiger partial charge in [0.15, 0.2) is 0 Å². The van der Waals surface area contributed by atoms with Crippen LogP contribution in [-0.4, -0.2) is 14.7 Å². The zero-order valence-corrected chi connectivity index (χ0v) is 14.8. The Bertz CT molecular complexity index is 991. The van der Waals surface area contributed by atoms with Crippen LogP contribution in [0.4, 0.5) is 0 Å². The number of ether oxygens (including phenoxy) is 1. The van der Waals surface area contributed by atoms with Gasteiger partial charge in [-0.2, -0.15) is 0 Å². The van der Waals surface area contributed by atoms with Crippen molar-refractivity contribution in [2.45, 2.75) is 13.5 Å². The van der Waals surface area contributed by atoms with E-state index in [1.807, 2.05) is 61.7 Å². The van der Waals surface area contributed by atoms with E-state index >= 15 is 0 Å². The van der Waals surface area contributed by atoms with Crippen LogP contribution >= 0.6 is 11.6 Å². The van der Waals surface area contributed by atoms with Gasteiger partial charge in [0.25, 0.3) is 0 Å². The average Bonchev–Trinajstić information content (AvgIpc) is 3.31. The van der Waals surface area contributed by atoms with E-state index in [-0.39, 0.29) is 0 Å². The predicted molar refractivity (Wildman–Crippen MR) is 99.6 cm³/mol. The van der Waals surface area contributed by atoms with E-state index in [0.717, 1.165) is 33.2 Å². The molecule has 0 bridgehead atoms. The van der Waals surface area contributed by atoms with Crippen molar-refractivity contribution in [1.29, 1.82) is 0 Å². The summed E-state index contributed by atoms with van der Waals surface area (Å²) in [5.41, 5.74) is 3.79. The van der Waals surface area contributed by atoms with Crippen LogP contribution in [0.1, 0.15) is 11.1 Å². The number of benzene rings is 2. The van der Waals surface area contributed by atoms with Crippen molar-refractivity contribution in [3.63, 3.8) is 0 Å². The van der Waals surface area contributed by atoms with Crippen LogP contribution < -0.4 is 4.74 Å². The molecule has 0 aliphatic heterocycles. The summed E-state index contributed by atoms with van der Waals surface area (Å²) in [6.07, 6.45) is 5.21. The smallest absolute Gasteiger partial charge is 0.240 e. The molecule has 2 aromatic heterocycles. The van der Waals surface area contributed by atoms with E-state index in [0.29, 0.717) is 12.5 Å². The molecular formula is C20H16ClN3O2. The fraction of sp³-hybridized carbons (Fsp3) is 0.100. The normalized spacial score (nSPS) is 10.8. The van der Waals surface area contributed by atoms with Crippen LogP contribution in [0.25, 0.3) is 17.1 Å². The molecule has 0 amide bonds. The zero-order valence-electron chi connectivity index (χ0n) is 14.1. The lowest BCUT2D eigenvalue weighted by Crippen LogP contribution is -1.95. The maximum Gasteiger partial charge on any atom is 0.240 e. The standard InChI is InChI=1S/C20H16ClN3O2/c1-14-19(23-26-20(14)24-11-10-22-13-24)16-4-8-18(9-5-16)25-12-15-2-6-17(21)7-3-15/h2-11,13H,12H2,1H3. The Morgan fingerprint density at radius 2 is 1.85 bits per heavy atom. The van der Waals surface area contributed by atoms with Crippen LogP contribution in [-0.2, 0) is 6.61 Å². The molecule has 0 aliphatic rings. The second-order valence-corrected chi connectivity index (χ2v) is 6.31.